The van der Waals surface area contributed by atoms with Crippen molar-refractivity contribution in [3.05, 3.63) is 72.1 Å². The van der Waals surface area contributed by atoms with Crippen molar-refractivity contribution in [2.45, 2.75) is 33.3 Å². The summed E-state index contributed by atoms with van der Waals surface area (Å²) in [5.74, 6) is 1.40. The fourth-order valence-electron chi connectivity index (χ4n) is 2.51. The van der Waals surface area contributed by atoms with Crippen molar-refractivity contribution in [2.75, 3.05) is 6.61 Å². The smallest absolute Gasteiger partial charge is 0.232 e. The van der Waals surface area contributed by atoms with E-state index in [0.717, 1.165) is 42.0 Å². The Kier molecular flexibility index (Phi) is 6.20. The molecular weight excluding hydrogens is 324 g/mol. The van der Waals surface area contributed by atoms with E-state index in [0.29, 0.717) is 12.5 Å². The molecule has 4 nitrogen and oxygen atoms in total. The number of hydrogen-bond acceptors (Lipinski definition) is 4. The maximum absolute atomic E-state index is 5.73. The zero-order chi connectivity index (χ0) is 18.2. The summed E-state index contributed by atoms with van der Waals surface area (Å²) in [4.78, 5) is 8.81. The van der Waals surface area contributed by atoms with Gasteiger partial charge in [0, 0.05) is 5.56 Å². The maximum Gasteiger partial charge on any atom is 0.232 e. The largest absolute Gasteiger partial charge is 0.494 e. The number of rotatable bonds is 8. The first-order valence-corrected chi connectivity index (χ1v) is 9.04. The Balaban J connectivity index is 1.58. The number of aryl methyl sites for hydroxylation is 1. The molecule has 3 rings (SSSR count). The molecule has 134 valence electrons. The molecule has 0 N–H and O–H groups in total. The van der Waals surface area contributed by atoms with E-state index in [1.807, 2.05) is 24.3 Å². The van der Waals surface area contributed by atoms with Gasteiger partial charge in [-0.1, -0.05) is 38.1 Å². The van der Waals surface area contributed by atoms with Crippen molar-refractivity contribution < 1.29 is 9.47 Å². The average molecular weight is 348 g/mol. The van der Waals surface area contributed by atoms with Crippen molar-refractivity contribution in [1.82, 2.24) is 9.97 Å². The third kappa shape index (κ3) is 4.82. The van der Waals surface area contributed by atoms with Crippen LogP contribution in [0.5, 0.6) is 11.6 Å². The van der Waals surface area contributed by atoms with Gasteiger partial charge in [0.25, 0.3) is 0 Å². The van der Waals surface area contributed by atoms with Gasteiger partial charge in [-0.25, -0.2) is 9.97 Å². The van der Waals surface area contributed by atoms with Crippen LogP contribution in [0.2, 0.25) is 0 Å². The van der Waals surface area contributed by atoms with Crippen LogP contribution in [-0.4, -0.2) is 16.6 Å². The summed E-state index contributed by atoms with van der Waals surface area (Å²) in [7, 11) is 0. The molecule has 4 heteroatoms. The van der Waals surface area contributed by atoms with Crippen molar-refractivity contribution in [3.63, 3.8) is 0 Å². The highest BCUT2D eigenvalue weighted by molar-refractivity contribution is 5.59. The molecule has 26 heavy (non-hydrogen) atoms. The number of nitrogens with zero attached hydrogens (tertiary/aromatic N) is 2. The van der Waals surface area contributed by atoms with Crippen LogP contribution in [0.25, 0.3) is 11.3 Å². The zero-order valence-corrected chi connectivity index (χ0v) is 15.3. The van der Waals surface area contributed by atoms with Crippen LogP contribution in [0.15, 0.2) is 60.9 Å². The van der Waals surface area contributed by atoms with Gasteiger partial charge in [-0.2, -0.15) is 0 Å². The third-order valence-electron chi connectivity index (χ3n) is 4.07. The van der Waals surface area contributed by atoms with Gasteiger partial charge in [-0.15, -0.1) is 0 Å². The number of ether oxygens (including phenoxy) is 2. The molecule has 0 atom stereocenters. The van der Waals surface area contributed by atoms with Crippen LogP contribution < -0.4 is 9.47 Å². The van der Waals surface area contributed by atoms with Gasteiger partial charge < -0.3 is 9.47 Å². The summed E-state index contributed by atoms with van der Waals surface area (Å²) < 4.78 is 11.3. The molecule has 0 saturated heterocycles. The predicted molar refractivity (Wildman–Crippen MR) is 103 cm³/mol. The first-order valence-electron chi connectivity index (χ1n) is 9.04. The Morgan fingerprint density at radius 1 is 0.769 bits per heavy atom. The van der Waals surface area contributed by atoms with Gasteiger partial charge in [-0.05, 0) is 48.2 Å². The Morgan fingerprint density at radius 3 is 2.12 bits per heavy atom. The summed E-state index contributed by atoms with van der Waals surface area (Å²) in [6.45, 7) is 5.45. The Morgan fingerprint density at radius 2 is 1.50 bits per heavy atom. The molecule has 1 aromatic heterocycles. The molecule has 1 heterocycles. The molecule has 0 aliphatic carbocycles. The summed E-state index contributed by atoms with van der Waals surface area (Å²) in [5.41, 5.74) is 4.26. The zero-order valence-electron chi connectivity index (χ0n) is 15.3. The summed E-state index contributed by atoms with van der Waals surface area (Å²) >= 11 is 0. The van der Waals surface area contributed by atoms with Gasteiger partial charge in [0.2, 0.25) is 5.88 Å². The summed E-state index contributed by atoms with van der Waals surface area (Å²) in [5, 5.41) is 0. The van der Waals surface area contributed by atoms with E-state index < -0.39 is 0 Å². The van der Waals surface area contributed by atoms with E-state index in [2.05, 4.69) is 48.1 Å². The van der Waals surface area contributed by atoms with Gasteiger partial charge in [0.15, 0.2) is 0 Å². The molecule has 0 saturated carbocycles. The fourth-order valence-corrected chi connectivity index (χ4v) is 2.51. The van der Waals surface area contributed by atoms with E-state index >= 15 is 0 Å². The lowest BCUT2D eigenvalue weighted by molar-refractivity contribution is 0.292. The Bertz CT molecular complexity index is 797. The van der Waals surface area contributed by atoms with E-state index in [1.165, 1.54) is 5.56 Å². The van der Waals surface area contributed by atoms with Gasteiger partial charge in [-0.3, -0.25) is 0 Å². The highest BCUT2D eigenvalue weighted by Crippen LogP contribution is 2.21. The first-order chi connectivity index (χ1) is 12.8. The van der Waals surface area contributed by atoms with Crippen LogP contribution in [0, 0.1) is 0 Å². The SMILES string of the molecule is CCCOc1ccc(-c2cnc(OCc3ccc(CC)cc3)cn2)cc1. The molecule has 3 aromatic rings. The van der Waals surface area contributed by atoms with Crippen LogP contribution in [0.3, 0.4) is 0 Å². The van der Waals surface area contributed by atoms with Crippen molar-refractivity contribution in [3.8, 4) is 22.9 Å². The monoisotopic (exact) mass is 348 g/mol. The molecule has 0 radical (unpaired) electrons. The molecule has 0 bridgehead atoms. The Labute approximate surface area is 154 Å². The highest BCUT2D eigenvalue weighted by atomic mass is 16.5. The molecule has 0 spiro atoms. The quantitative estimate of drug-likeness (QED) is 0.570. The maximum atomic E-state index is 5.73. The number of aromatic nitrogens is 2. The number of benzene rings is 2. The molecule has 0 fully saturated rings. The second-order valence-electron chi connectivity index (χ2n) is 6.07. The summed E-state index contributed by atoms with van der Waals surface area (Å²) in [6.07, 6.45) is 5.44. The lowest BCUT2D eigenvalue weighted by Crippen LogP contribution is -1.98. The van der Waals surface area contributed by atoms with E-state index in [1.54, 1.807) is 12.4 Å². The minimum Gasteiger partial charge on any atom is -0.494 e. The molecule has 0 unspecified atom stereocenters. The van der Waals surface area contributed by atoms with E-state index in [4.69, 9.17) is 9.47 Å². The van der Waals surface area contributed by atoms with E-state index in [-0.39, 0.29) is 0 Å². The van der Waals surface area contributed by atoms with Crippen LogP contribution in [0.4, 0.5) is 0 Å². The third-order valence-corrected chi connectivity index (χ3v) is 4.07. The predicted octanol–water partition coefficient (Wildman–Crippen LogP) is 5.07. The average Bonchev–Trinajstić information content (AvgIpc) is 2.72. The highest BCUT2D eigenvalue weighted by Gasteiger charge is 2.03. The van der Waals surface area contributed by atoms with Crippen molar-refractivity contribution >= 4 is 0 Å². The first kappa shape index (κ1) is 17.9. The molecular formula is C22H24N2O2. The Hall–Kier alpha value is -2.88. The molecule has 2 aromatic carbocycles. The minimum atomic E-state index is 0.488. The minimum absolute atomic E-state index is 0.488. The van der Waals surface area contributed by atoms with E-state index in [9.17, 15) is 0 Å². The summed E-state index contributed by atoms with van der Waals surface area (Å²) in [6, 6.07) is 16.3. The lowest BCUT2D eigenvalue weighted by atomic mass is 10.1. The van der Waals surface area contributed by atoms with Gasteiger partial charge >= 0.3 is 0 Å². The number of hydrogen-bond donors (Lipinski definition) is 0. The van der Waals surface area contributed by atoms with Gasteiger partial charge in [0.05, 0.1) is 24.7 Å². The van der Waals surface area contributed by atoms with Crippen molar-refractivity contribution in [1.29, 1.82) is 0 Å². The second kappa shape index (κ2) is 8.99. The molecule has 0 amide bonds. The standard InChI is InChI=1S/C22H24N2O2/c1-3-13-25-20-11-9-19(10-12-20)21-14-24-22(15-23-21)26-16-18-7-5-17(4-2)6-8-18/h5-12,14-15H,3-4,13,16H2,1-2H3. The van der Waals surface area contributed by atoms with Crippen LogP contribution >= 0.6 is 0 Å². The fraction of sp³-hybridized carbons (Fsp3) is 0.273. The second-order valence-corrected chi connectivity index (χ2v) is 6.07. The molecule has 0 aliphatic rings. The normalized spacial score (nSPS) is 10.5. The lowest BCUT2D eigenvalue weighted by Gasteiger charge is -2.08. The van der Waals surface area contributed by atoms with Crippen LogP contribution in [-0.2, 0) is 13.0 Å². The topological polar surface area (TPSA) is 44.2 Å². The molecule has 0 aliphatic heterocycles. The van der Waals surface area contributed by atoms with Gasteiger partial charge in [0.1, 0.15) is 12.4 Å². The van der Waals surface area contributed by atoms with Crippen molar-refractivity contribution in [2.24, 2.45) is 0 Å². The van der Waals surface area contributed by atoms with Crippen LogP contribution in [0.1, 0.15) is 31.4 Å².